The fourth-order valence-corrected chi connectivity index (χ4v) is 4.06. The molecule has 0 heterocycles. The zero-order chi connectivity index (χ0) is 19.7. The molecule has 0 aliphatic rings. The number of rotatable bonds is 17. The molecule has 0 N–H and O–H groups in total. The second-order valence-corrected chi connectivity index (χ2v) is 8.61. The molecule has 0 saturated carbocycles. The maximum atomic E-state index is 11.7. The fraction of sp³-hybridized carbons (Fsp3) is 0.769. The zero-order valence-electron chi connectivity index (χ0n) is 18.6. The van der Waals surface area contributed by atoms with Gasteiger partial charge in [0.1, 0.15) is 0 Å². The van der Waals surface area contributed by atoms with Crippen molar-refractivity contribution in [1.29, 1.82) is 0 Å². The van der Waals surface area contributed by atoms with Crippen LogP contribution in [-0.4, -0.2) is 0 Å². The summed E-state index contributed by atoms with van der Waals surface area (Å²) in [5.41, 5.74) is 3.15. The molecule has 1 aromatic carbocycles. The van der Waals surface area contributed by atoms with Crippen LogP contribution < -0.4 is 0 Å². The average Bonchev–Trinajstić information content (AvgIpc) is 2.65. The van der Waals surface area contributed by atoms with Gasteiger partial charge >= 0.3 is 0 Å². The predicted molar refractivity (Wildman–Crippen MR) is 119 cm³/mol. The van der Waals surface area contributed by atoms with Crippen LogP contribution in [0.5, 0.6) is 5.75 Å². The first kappa shape index (κ1) is 24.1. The van der Waals surface area contributed by atoms with Gasteiger partial charge in [-0.2, -0.15) is 0 Å². The van der Waals surface area contributed by atoms with Gasteiger partial charge in [0.25, 0.3) is 0 Å². The van der Waals surface area contributed by atoms with Crippen LogP contribution in [0.15, 0.2) is 12.1 Å². The molecule has 1 radical (unpaired) electrons. The Morgan fingerprint density at radius 1 is 0.556 bits per heavy atom. The topological polar surface area (TPSA) is 19.9 Å². The number of unbranched alkanes of at least 4 members (excludes halogenated alkanes) is 15. The quantitative estimate of drug-likeness (QED) is 0.242. The van der Waals surface area contributed by atoms with E-state index in [1.807, 2.05) is 13.8 Å². The Morgan fingerprint density at radius 3 is 1.26 bits per heavy atom. The van der Waals surface area contributed by atoms with Crippen LogP contribution in [0, 0.1) is 13.8 Å². The molecule has 0 aliphatic carbocycles. The Hall–Kier alpha value is -0.980. The van der Waals surface area contributed by atoms with Crippen molar-refractivity contribution in [1.82, 2.24) is 0 Å². The van der Waals surface area contributed by atoms with E-state index in [-0.39, 0.29) is 5.75 Å². The van der Waals surface area contributed by atoms with Gasteiger partial charge in [0.15, 0.2) is 5.75 Å². The molecule has 155 valence electrons. The van der Waals surface area contributed by atoms with Gasteiger partial charge in [-0.05, 0) is 43.4 Å². The minimum atomic E-state index is 0.214. The average molecular weight is 374 g/mol. The largest absolute Gasteiger partial charge is 0.289 e. The Morgan fingerprint density at radius 2 is 0.889 bits per heavy atom. The van der Waals surface area contributed by atoms with Crippen molar-refractivity contribution >= 4 is 0 Å². The molecule has 0 amide bonds. The molecular weight excluding hydrogens is 328 g/mol. The molecule has 1 aromatic rings. The van der Waals surface area contributed by atoms with Crippen LogP contribution in [0.2, 0.25) is 0 Å². The van der Waals surface area contributed by atoms with E-state index in [1.54, 1.807) is 0 Å². The van der Waals surface area contributed by atoms with Crippen molar-refractivity contribution in [2.45, 2.75) is 130 Å². The SMILES string of the molecule is CCCCCCCCCCCCCCCCCCc1cc(C)c([O])c(C)c1. The predicted octanol–water partition coefficient (Wildman–Crippen LogP) is 9.25. The van der Waals surface area contributed by atoms with Crippen molar-refractivity contribution in [3.8, 4) is 5.75 Å². The number of hydrogen-bond acceptors (Lipinski definition) is 0. The molecular formula is C26H45O. The van der Waals surface area contributed by atoms with Crippen LogP contribution in [0.4, 0.5) is 0 Å². The molecule has 0 saturated heterocycles. The number of benzene rings is 1. The van der Waals surface area contributed by atoms with E-state index in [0.29, 0.717) is 0 Å². The summed E-state index contributed by atoms with van der Waals surface area (Å²) >= 11 is 0. The second kappa shape index (κ2) is 16.0. The van der Waals surface area contributed by atoms with Crippen LogP contribution >= 0.6 is 0 Å². The third kappa shape index (κ3) is 12.2. The lowest BCUT2D eigenvalue weighted by Crippen LogP contribution is -1.90. The van der Waals surface area contributed by atoms with Gasteiger partial charge < -0.3 is 0 Å². The lowest BCUT2D eigenvalue weighted by Gasteiger charge is -2.06. The Balaban J connectivity index is 1.84. The van der Waals surface area contributed by atoms with Crippen molar-refractivity contribution in [2.24, 2.45) is 0 Å². The highest BCUT2D eigenvalue weighted by molar-refractivity contribution is 5.41. The molecule has 0 spiro atoms. The summed E-state index contributed by atoms with van der Waals surface area (Å²) in [6, 6.07) is 4.17. The summed E-state index contributed by atoms with van der Waals surface area (Å²) in [5.74, 6) is 0.214. The maximum absolute atomic E-state index is 11.7. The van der Waals surface area contributed by atoms with Crippen molar-refractivity contribution in [3.63, 3.8) is 0 Å². The van der Waals surface area contributed by atoms with Crippen LogP contribution in [0.25, 0.3) is 0 Å². The molecule has 1 nitrogen and oxygen atoms in total. The maximum Gasteiger partial charge on any atom is 0.184 e. The van der Waals surface area contributed by atoms with Gasteiger partial charge in [0.05, 0.1) is 0 Å². The van der Waals surface area contributed by atoms with Crippen LogP contribution in [0.1, 0.15) is 126 Å². The lowest BCUT2D eigenvalue weighted by atomic mass is 10.00. The molecule has 0 bridgehead atoms. The zero-order valence-corrected chi connectivity index (χ0v) is 18.6. The number of hydrogen-bond donors (Lipinski definition) is 0. The first-order valence-corrected chi connectivity index (χ1v) is 11.9. The van der Waals surface area contributed by atoms with Gasteiger partial charge in [-0.25, -0.2) is 0 Å². The summed E-state index contributed by atoms with van der Waals surface area (Å²) in [4.78, 5) is 0. The number of aryl methyl sites for hydroxylation is 3. The van der Waals surface area contributed by atoms with Crippen LogP contribution in [0.3, 0.4) is 0 Å². The van der Waals surface area contributed by atoms with Gasteiger partial charge in [-0.1, -0.05) is 115 Å². The lowest BCUT2D eigenvalue weighted by molar-refractivity contribution is 0.348. The normalized spacial score (nSPS) is 11.2. The summed E-state index contributed by atoms with van der Waals surface area (Å²) < 4.78 is 0. The van der Waals surface area contributed by atoms with E-state index in [4.69, 9.17) is 0 Å². The minimum Gasteiger partial charge on any atom is -0.289 e. The van der Waals surface area contributed by atoms with Crippen molar-refractivity contribution in [3.05, 3.63) is 28.8 Å². The van der Waals surface area contributed by atoms with Crippen molar-refractivity contribution in [2.75, 3.05) is 0 Å². The standard InChI is InChI=1S/C26H45O/c1-4-5-6-7-8-9-10-11-12-13-14-15-16-17-18-19-20-25-21-23(2)26(27)24(3)22-25/h21-22H,4-20H2,1-3H3. The van der Waals surface area contributed by atoms with E-state index in [2.05, 4.69) is 19.1 Å². The van der Waals surface area contributed by atoms with E-state index in [0.717, 1.165) is 17.5 Å². The highest BCUT2D eigenvalue weighted by Gasteiger charge is 2.05. The third-order valence-electron chi connectivity index (χ3n) is 5.84. The van der Waals surface area contributed by atoms with E-state index in [1.165, 1.54) is 108 Å². The van der Waals surface area contributed by atoms with Crippen LogP contribution in [-0.2, 0) is 11.5 Å². The molecule has 1 rings (SSSR count). The van der Waals surface area contributed by atoms with E-state index in [9.17, 15) is 5.11 Å². The summed E-state index contributed by atoms with van der Waals surface area (Å²) in [6.45, 7) is 6.16. The smallest absolute Gasteiger partial charge is 0.184 e. The van der Waals surface area contributed by atoms with E-state index >= 15 is 0 Å². The van der Waals surface area contributed by atoms with Crippen molar-refractivity contribution < 1.29 is 5.11 Å². The van der Waals surface area contributed by atoms with Gasteiger partial charge in [-0.15, -0.1) is 0 Å². The summed E-state index contributed by atoms with van der Waals surface area (Å²) in [5, 5.41) is 11.7. The molecule has 0 unspecified atom stereocenters. The van der Waals surface area contributed by atoms with E-state index < -0.39 is 0 Å². The Kier molecular flexibility index (Phi) is 14.3. The molecule has 0 fully saturated rings. The minimum absolute atomic E-state index is 0.214. The highest BCUT2D eigenvalue weighted by Crippen LogP contribution is 2.24. The second-order valence-electron chi connectivity index (χ2n) is 8.61. The first-order chi connectivity index (χ1) is 13.1. The first-order valence-electron chi connectivity index (χ1n) is 11.9. The Bertz CT molecular complexity index is 454. The molecule has 27 heavy (non-hydrogen) atoms. The molecule has 0 aromatic heterocycles. The third-order valence-corrected chi connectivity index (χ3v) is 5.84. The summed E-state index contributed by atoms with van der Waals surface area (Å²) in [7, 11) is 0. The van der Waals surface area contributed by atoms with Gasteiger partial charge in [-0.3, -0.25) is 5.11 Å². The van der Waals surface area contributed by atoms with Gasteiger partial charge in [0.2, 0.25) is 0 Å². The fourth-order valence-electron chi connectivity index (χ4n) is 4.06. The Labute approximate surface area is 170 Å². The molecule has 0 atom stereocenters. The monoisotopic (exact) mass is 373 g/mol. The summed E-state index contributed by atoms with van der Waals surface area (Å²) in [6.07, 6.45) is 23.7. The van der Waals surface area contributed by atoms with Gasteiger partial charge in [0, 0.05) is 0 Å². The molecule has 1 heteroatoms. The molecule has 0 aliphatic heterocycles. The highest BCUT2D eigenvalue weighted by atomic mass is 16.3.